The Kier molecular flexibility index (Phi) is 18.6. The van der Waals surface area contributed by atoms with Crippen LogP contribution in [0.1, 0.15) is 87.1 Å². The summed E-state index contributed by atoms with van der Waals surface area (Å²) < 4.78 is 10.2. The van der Waals surface area contributed by atoms with Gasteiger partial charge in [0, 0.05) is 5.92 Å². The number of imide groups is 1. The molecule has 2 rings (SSSR count). The Morgan fingerprint density at radius 2 is 1.44 bits per heavy atom. The first-order valence-corrected chi connectivity index (χ1v) is 19.5. The number of aliphatic hydroxyl groups is 2. The molecule has 4 unspecified atom stereocenters. The van der Waals surface area contributed by atoms with Gasteiger partial charge in [0.15, 0.2) is 0 Å². The van der Waals surface area contributed by atoms with Crippen LogP contribution in [-0.2, 0) is 44.7 Å². The Bertz CT molecular complexity index is 1550. The number of methoxy groups -OCH3 is 1. The van der Waals surface area contributed by atoms with Crippen molar-refractivity contribution in [1.29, 1.82) is 0 Å². The quantitative estimate of drug-likeness (QED) is 0.102. The molecule has 0 aromatic heterocycles. The monoisotopic (exact) mass is 804 g/mol. The molecule has 0 heterocycles. The highest BCUT2D eigenvalue weighted by Gasteiger charge is 2.43. The van der Waals surface area contributed by atoms with E-state index in [0.717, 1.165) is 5.56 Å². The van der Waals surface area contributed by atoms with Crippen molar-refractivity contribution >= 4 is 41.6 Å². The van der Waals surface area contributed by atoms with Crippen LogP contribution in [0.5, 0.6) is 0 Å². The van der Waals surface area contributed by atoms with Gasteiger partial charge in [-0.3, -0.25) is 24.0 Å². The Labute approximate surface area is 335 Å². The Balaban J connectivity index is 2.30. The van der Waals surface area contributed by atoms with Crippen molar-refractivity contribution < 1.29 is 53.2 Å². The maximum atomic E-state index is 13.9. The van der Waals surface area contributed by atoms with Crippen LogP contribution >= 0.6 is 0 Å². The standard InChI is InChI=1S/C40H64N6O11/c1-21(2)30(36(52)45-31(22(3)4)38(54)56-10)44-35(51)27-18-14-17-26(27)32(48)29(19-25-15-12-11-13-16-25)43-33(49)23(5)42-34(50)24(6)46(37(53)28(41)20-47)39(55)57-40(7,8)9/h11-13,15-16,21-24,26-32,47-48H,14,17-20,41H2,1-10H3,(H,42,50)(H,43,49)(H,44,51)(H,45,52)/t23-,24-,26?,27+,28-,29?,30+,31?,32?/m0/s1. The molecule has 0 radical (unpaired) electrons. The summed E-state index contributed by atoms with van der Waals surface area (Å²) in [7, 11) is 1.23. The van der Waals surface area contributed by atoms with Crippen molar-refractivity contribution in [1.82, 2.24) is 26.2 Å². The van der Waals surface area contributed by atoms with Crippen molar-refractivity contribution in [3.63, 3.8) is 0 Å². The minimum Gasteiger partial charge on any atom is -0.467 e. The normalized spacial score (nSPS) is 19.2. The molecule has 17 heteroatoms. The fraction of sp³-hybridized carbons (Fsp3) is 0.675. The van der Waals surface area contributed by atoms with Gasteiger partial charge in [0.1, 0.15) is 35.8 Å². The second-order valence-electron chi connectivity index (χ2n) is 16.4. The predicted molar refractivity (Wildman–Crippen MR) is 210 cm³/mol. The average Bonchev–Trinajstić information content (AvgIpc) is 3.64. The molecule has 0 spiro atoms. The van der Waals surface area contributed by atoms with Gasteiger partial charge in [-0.15, -0.1) is 0 Å². The highest BCUT2D eigenvalue weighted by atomic mass is 16.6. The van der Waals surface area contributed by atoms with Crippen molar-refractivity contribution in [2.75, 3.05) is 13.7 Å². The van der Waals surface area contributed by atoms with E-state index < -0.39 is 108 Å². The molecule has 6 amide bonds. The fourth-order valence-corrected chi connectivity index (χ4v) is 6.64. The maximum Gasteiger partial charge on any atom is 0.417 e. The Morgan fingerprint density at radius 3 is 1.96 bits per heavy atom. The van der Waals surface area contributed by atoms with E-state index in [0.29, 0.717) is 24.2 Å². The van der Waals surface area contributed by atoms with Gasteiger partial charge in [0.05, 0.1) is 25.9 Å². The van der Waals surface area contributed by atoms with Crippen molar-refractivity contribution in [2.45, 2.75) is 136 Å². The fourth-order valence-electron chi connectivity index (χ4n) is 6.64. The van der Waals surface area contributed by atoms with E-state index in [4.69, 9.17) is 15.2 Å². The van der Waals surface area contributed by atoms with Gasteiger partial charge in [0.25, 0.3) is 5.91 Å². The number of benzene rings is 1. The van der Waals surface area contributed by atoms with Gasteiger partial charge in [-0.25, -0.2) is 14.5 Å². The summed E-state index contributed by atoms with van der Waals surface area (Å²) in [5.74, 6) is -6.23. The second-order valence-corrected chi connectivity index (χ2v) is 16.4. The number of hydrogen-bond donors (Lipinski definition) is 7. The first-order valence-electron chi connectivity index (χ1n) is 19.5. The number of nitrogens with two attached hydrogens (primary N) is 1. The third-order valence-electron chi connectivity index (χ3n) is 9.91. The molecule has 9 atom stereocenters. The van der Waals surface area contributed by atoms with Crippen LogP contribution in [0.4, 0.5) is 4.79 Å². The van der Waals surface area contributed by atoms with Gasteiger partial charge in [-0.05, 0) is 77.2 Å². The van der Waals surface area contributed by atoms with Crippen LogP contribution in [0.3, 0.4) is 0 Å². The summed E-state index contributed by atoms with van der Waals surface area (Å²) in [6.07, 6.45) is -0.787. The highest BCUT2D eigenvalue weighted by molar-refractivity contribution is 6.01. The molecule has 1 saturated carbocycles. The lowest BCUT2D eigenvalue weighted by atomic mass is 9.84. The highest BCUT2D eigenvalue weighted by Crippen LogP contribution is 2.36. The Morgan fingerprint density at radius 1 is 0.842 bits per heavy atom. The van der Waals surface area contributed by atoms with Crippen LogP contribution < -0.4 is 27.0 Å². The van der Waals surface area contributed by atoms with Gasteiger partial charge in [0.2, 0.25) is 23.6 Å². The van der Waals surface area contributed by atoms with Gasteiger partial charge in [-0.1, -0.05) is 64.4 Å². The summed E-state index contributed by atoms with van der Waals surface area (Å²) in [5, 5.41) is 32.3. The molecule has 1 fully saturated rings. The van der Waals surface area contributed by atoms with Gasteiger partial charge >= 0.3 is 12.1 Å². The van der Waals surface area contributed by atoms with E-state index in [-0.39, 0.29) is 18.3 Å². The van der Waals surface area contributed by atoms with E-state index in [1.807, 2.05) is 18.2 Å². The lowest BCUT2D eigenvalue weighted by Gasteiger charge is -2.34. The maximum absolute atomic E-state index is 13.9. The van der Waals surface area contributed by atoms with E-state index in [2.05, 4.69) is 21.3 Å². The third-order valence-corrected chi connectivity index (χ3v) is 9.91. The first kappa shape index (κ1) is 48.5. The molecule has 17 nitrogen and oxygen atoms in total. The summed E-state index contributed by atoms with van der Waals surface area (Å²) in [6, 6.07) is 1.96. The van der Waals surface area contributed by atoms with E-state index in [9.17, 15) is 43.8 Å². The minimum absolute atomic E-state index is 0.163. The molecular weight excluding hydrogens is 740 g/mol. The second kappa shape index (κ2) is 21.8. The molecule has 1 aliphatic rings. The minimum atomic E-state index is -1.52. The Hall–Kier alpha value is -4.61. The number of nitrogens with zero attached hydrogens (tertiary/aromatic N) is 1. The predicted octanol–water partition coefficient (Wildman–Crippen LogP) is 0.922. The van der Waals surface area contributed by atoms with Gasteiger partial charge < -0.3 is 46.7 Å². The zero-order chi connectivity index (χ0) is 43.4. The van der Waals surface area contributed by atoms with Crippen LogP contribution in [0.25, 0.3) is 0 Å². The van der Waals surface area contributed by atoms with Crippen LogP contribution in [-0.4, -0.2) is 118 Å². The number of amides is 6. The smallest absolute Gasteiger partial charge is 0.417 e. The molecular formula is C40H64N6O11. The summed E-state index contributed by atoms with van der Waals surface area (Å²) in [6.45, 7) is 13.6. The van der Waals surface area contributed by atoms with E-state index in [1.165, 1.54) is 21.0 Å². The van der Waals surface area contributed by atoms with E-state index >= 15 is 0 Å². The zero-order valence-corrected chi connectivity index (χ0v) is 34.9. The number of esters is 1. The molecule has 1 aromatic carbocycles. The number of hydrogen-bond acceptors (Lipinski definition) is 12. The topological polar surface area (TPSA) is 256 Å². The van der Waals surface area contributed by atoms with E-state index in [1.54, 1.807) is 60.6 Å². The summed E-state index contributed by atoms with van der Waals surface area (Å²) >= 11 is 0. The van der Waals surface area contributed by atoms with Crippen LogP contribution in [0, 0.1) is 23.7 Å². The number of ether oxygens (including phenoxy) is 2. The van der Waals surface area contributed by atoms with Gasteiger partial charge in [-0.2, -0.15) is 0 Å². The average molecular weight is 805 g/mol. The third kappa shape index (κ3) is 14.1. The number of aliphatic hydroxyl groups excluding tert-OH is 2. The summed E-state index contributed by atoms with van der Waals surface area (Å²) in [5.41, 5.74) is 5.44. The molecule has 1 aliphatic carbocycles. The zero-order valence-electron chi connectivity index (χ0n) is 34.9. The lowest BCUT2D eigenvalue weighted by molar-refractivity contribution is -0.147. The first-order chi connectivity index (χ1) is 26.5. The molecule has 0 aliphatic heterocycles. The summed E-state index contributed by atoms with van der Waals surface area (Å²) in [4.78, 5) is 93.2. The van der Waals surface area contributed by atoms with Crippen molar-refractivity contribution in [3.05, 3.63) is 35.9 Å². The number of rotatable bonds is 18. The van der Waals surface area contributed by atoms with Crippen LogP contribution in [0.15, 0.2) is 30.3 Å². The SMILES string of the molecule is COC(=O)C(NC(=O)[C@H](NC(=O)[C@@H]1CCCC1C(O)C(Cc1ccccc1)NC(=O)[C@H](C)NC(=O)[C@H](C)N(C(=O)OC(C)(C)C)C(=O)[C@@H](N)CO)C(C)C)C(C)C. The van der Waals surface area contributed by atoms with Crippen LogP contribution in [0.2, 0.25) is 0 Å². The molecule has 57 heavy (non-hydrogen) atoms. The lowest BCUT2D eigenvalue weighted by Crippen LogP contribution is -2.60. The molecule has 0 bridgehead atoms. The number of carbonyl (C=O) groups excluding carboxylic acids is 7. The number of nitrogens with one attached hydrogen (secondary N) is 4. The molecule has 0 saturated heterocycles. The largest absolute Gasteiger partial charge is 0.467 e. The number of carbonyl (C=O) groups is 7. The van der Waals surface area contributed by atoms with Crippen molar-refractivity contribution in [3.8, 4) is 0 Å². The molecule has 1 aromatic rings. The molecule has 8 N–H and O–H groups in total. The van der Waals surface area contributed by atoms with Crippen molar-refractivity contribution in [2.24, 2.45) is 29.4 Å². The molecule has 320 valence electrons.